The van der Waals surface area contributed by atoms with E-state index >= 15 is 0 Å². The van der Waals surface area contributed by atoms with E-state index in [1.54, 1.807) is 12.1 Å². The van der Waals surface area contributed by atoms with Gasteiger partial charge in [0.2, 0.25) is 0 Å². The molecule has 0 spiro atoms. The van der Waals surface area contributed by atoms with Crippen LogP contribution in [-0.4, -0.2) is 34.2 Å². The maximum atomic E-state index is 14.7. The highest BCUT2D eigenvalue weighted by atomic mass is 19.4. The lowest BCUT2D eigenvalue weighted by Gasteiger charge is -2.21. The van der Waals surface area contributed by atoms with E-state index in [0.717, 1.165) is 49.4 Å². The lowest BCUT2D eigenvalue weighted by Crippen LogP contribution is -2.34. The zero-order valence-electron chi connectivity index (χ0n) is 27.4. The van der Waals surface area contributed by atoms with Gasteiger partial charge in [-0.25, -0.2) is 23.9 Å². The molecule has 0 saturated heterocycles. The molecule has 0 amide bonds. The van der Waals surface area contributed by atoms with Gasteiger partial charge in [0, 0.05) is 24.0 Å². The molecule has 47 heavy (non-hydrogen) atoms. The van der Waals surface area contributed by atoms with Gasteiger partial charge in [-0.3, -0.25) is 0 Å². The van der Waals surface area contributed by atoms with Crippen LogP contribution in [0.1, 0.15) is 130 Å². The van der Waals surface area contributed by atoms with Crippen LogP contribution in [0, 0.1) is 5.82 Å². The molecule has 6 nitrogen and oxygen atoms in total. The third-order valence-corrected chi connectivity index (χ3v) is 7.96. The predicted octanol–water partition coefficient (Wildman–Crippen LogP) is 10.6. The third-order valence-electron chi connectivity index (χ3n) is 7.96. The Morgan fingerprint density at radius 2 is 1.32 bits per heavy atom. The highest BCUT2D eigenvalue weighted by molar-refractivity contribution is 5.92. The van der Waals surface area contributed by atoms with Crippen LogP contribution >= 0.6 is 0 Å². The van der Waals surface area contributed by atoms with E-state index in [1.807, 2.05) is 19.3 Å². The van der Waals surface area contributed by atoms with Crippen molar-refractivity contribution in [3.05, 3.63) is 77.4 Å². The SMILES string of the molecule is CCCCCCCCCCCc1cnc(-c2ccc(C(=O)Oc3ccc(C(=O)OC(CCCCCC)C(F)(F)F)c(F)c3)cc2)nc1. The van der Waals surface area contributed by atoms with Crippen molar-refractivity contribution in [1.29, 1.82) is 0 Å². The standard InChI is InChI=1S/C37H46F4N2O4/c1-3-5-7-9-10-11-12-13-14-16-27-25-42-34(43-26-27)28-18-20-29(21-19-28)35(44)46-30-22-23-31(32(38)24-30)36(45)47-33(37(39,40)41)17-15-8-6-4-2/h18-26,33H,3-17H2,1-2H3. The molecule has 1 heterocycles. The van der Waals surface area contributed by atoms with Gasteiger partial charge in [0.25, 0.3) is 0 Å². The van der Waals surface area contributed by atoms with Gasteiger partial charge in [-0.1, -0.05) is 96.6 Å². The summed E-state index contributed by atoms with van der Waals surface area (Å²) in [5.41, 5.74) is 1.27. The van der Waals surface area contributed by atoms with Gasteiger partial charge in [-0.2, -0.15) is 13.2 Å². The Bertz CT molecular complexity index is 1380. The number of aromatic nitrogens is 2. The molecule has 0 radical (unpaired) electrons. The number of carbonyl (C=O) groups excluding carboxylic acids is 2. The average molecular weight is 659 g/mol. The molecule has 256 valence electrons. The molecule has 1 unspecified atom stereocenters. The zero-order valence-corrected chi connectivity index (χ0v) is 27.4. The molecule has 3 aromatic rings. The number of alkyl halides is 3. The van der Waals surface area contributed by atoms with Crippen molar-refractivity contribution in [1.82, 2.24) is 9.97 Å². The first-order chi connectivity index (χ1) is 22.6. The molecule has 0 N–H and O–H groups in total. The van der Waals surface area contributed by atoms with Gasteiger partial charge in [-0.15, -0.1) is 0 Å². The Kier molecular flexibility index (Phi) is 15.8. The summed E-state index contributed by atoms with van der Waals surface area (Å²) in [5.74, 6) is -3.09. The summed E-state index contributed by atoms with van der Waals surface area (Å²) >= 11 is 0. The number of esters is 2. The number of benzene rings is 2. The van der Waals surface area contributed by atoms with Gasteiger partial charge < -0.3 is 9.47 Å². The van der Waals surface area contributed by atoms with Gasteiger partial charge in [0.15, 0.2) is 11.9 Å². The van der Waals surface area contributed by atoms with E-state index in [4.69, 9.17) is 4.74 Å². The van der Waals surface area contributed by atoms with Crippen molar-refractivity contribution in [2.75, 3.05) is 0 Å². The summed E-state index contributed by atoms with van der Waals surface area (Å²) < 4.78 is 64.7. The fraction of sp³-hybridized carbons (Fsp3) is 0.514. The lowest BCUT2D eigenvalue weighted by atomic mass is 10.1. The molecule has 0 aliphatic carbocycles. The minimum atomic E-state index is -4.77. The van der Waals surface area contributed by atoms with Gasteiger partial charge in [0.05, 0.1) is 11.1 Å². The molecule has 1 atom stereocenters. The summed E-state index contributed by atoms with van der Waals surface area (Å²) in [5, 5.41) is 0. The molecule has 0 aliphatic heterocycles. The normalized spacial score (nSPS) is 12.1. The number of ether oxygens (including phenoxy) is 2. The first kappa shape index (κ1) is 37.6. The molecule has 0 saturated carbocycles. The molecule has 3 rings (SSSR count). The Hall–Kier alpha value is -3.82. The third kappa shape index (κ3) is 13.1. The second-order valence-electron chi connectivity index (χ2n) is 11.9. The zero-order chi connectivity index (χ0) is 34.1. The Labute approximate surface area is 275 Å². The van der Waals surface area contributed by atoms with Crippen LogP contribution in [0.5, 0.6) is 5.75 Å². The van der Waals surface area contributed by atoms with E-state index in [1.165, 1.54) is 63.5 Å². The quantitative estimate of drug-likeness (QED) is 0.0520. The average Bonchev–Trinajstić information content (AvgIpc) is 3.05. The Morgan fingerprint density at radius 3 is 1.89 bits per heavy atom. The summed E-state index contributed by atoms with van der Waals surface area (Å²) in [6.07, 6.45) is 10.9. The minimum Gasteiger partial charge on any atom is -0.449 e. The largest absolute Gasteiger partial charge is 0.449 e. The van der Waals surface area contributed by atoms with Crippen LogP contribution in [0.4, 0.5) is 17.6 Å². The van der Waals surface area contributed by atoms with Crippen molar-refractivity contribution in [3.63, 3.8) is 0 Å². The van der Waals surface area contributed by atoms with Crippen LogP contribution in [0.15, 0.2) is 54.9 Å². The number of nitrogens with zero attached hydrogens (tertiary/aromatic N) is 2. The van der Waals surface area contributed by atoms with Gasteiger partial charge in [-0.05, 0) is 55.5 Å². The number of hydrogen-bond acceptors (Lipinski definition) is 6. The van der Waals surface area contributed by atoms with Crippen LogP contribution in [0.25, 0.3) is 11.4 Å². The minimum absolute atomic E-state index is 0.177. The number of carbonyl (C=O) groups is 2. The predicted molar refractivity (Wildman–Crippen MR) is 174 cm³/mol. The van der Waals surface area contributed by atoms with E-state index in [9.17, 15) is 27.2 Å². The van der Waals surface area contributed by atoms with Crippen molar-refractivity contribution in [3.8, 4) is 17.1 Å². The summed E-state index contributed by atoms with van der Waals surface area (Å²) in [6, 6.07) is 9.21. The number of rotatable bonds is 20. The number of unbranched alkanes of at least 4 members (excludes halogenated alkanes) is 11. The second-order valence-corrected chi connectivity index (χ2v) is 11.9. The van der Waals surface area contributed by atoms with E-state index < -0.39 is 42.0 Å². The van der Waals surface area contributed by atoms with Crippen molar-refractivity contribution < 1.29 is 36.6 Å². The molecular formula is C37H46F4N2O4. The van der Waals surface area contributed by atoms with Gasteiger partial charge >= 0.3 is 18.1 Å². The molecule has 2 aromatic carbocycles. The molecular weight excluding hydrogens is 612 g/mol. The van der Waals surface area contributed by atoms with Crippen molar-refractivity contribution in [2.45, 2.75) is 122 Å². The first-order valence-electron chi connectivity index (χ1n) is 16.8. The monoisotopic (exact) mass is 658 g/mol. The highest BCUT2D eigenvalue weighted by Crippen LogP contribution is 2.29. The smallest absolute Gasteiger partial charge is 0.425 e. The molecule has 10 heteroatoms. The van der Waals surface area contributed by atoms with E-state index in [-0.39, 0.29) is 17.7 Å². The second kappa shape index (κ2) is 19.8. The summed E-state index contributed by atoms with van der Waals surface area (Å²) in [7, 11) is 0. The van der Waals surface area contributed by atoms with E-state index in [2.05, 4.69) is 21.6 Å². The van der Waals surface area contributed by atoms with Crippen LogP contribution in [0.2, 0.25) is 0 Å². The first-order valence-corrected chi connectivity index (χ1v) is 16.8. The van der Waals surface area contributed by atoms with Crippen molar-refractivity contribution in [2.24, 2.45) is 0 Å². The number of hydrogen-bond donors (Lipinski definition) is 0. The van der Waals surface area contributed by atoms with Gasteiger partial charge in [0.1, 0.15) is 11.6 Å². The topological polar surface area (TPSA) is 78.4 Å². The maximum absolute atomic E-state index is 14.7. The maximum Gasteiger partial charge on any atom is 0.425 e. The van der Waals surface area contributed by atoms with E-state index in [0.29, 0.717) is 17.8 Å². The highest BCUT2D eigenvalue weighted by Gasteiger charge is 2.42. The summed E-state index contributed by atoms with van der Waals surface area (Å²) in [4.78, 5) is 34.0. The fourth-order valence-corrected chi connectivity index (χ4v) is 5.16. The lowest BCUT2D eigenvalue weighted by molar-refractivity contribution is -0.206. The summed E-state index contributed by atoms with van der Waals surface area (Å²) in [6.45, 7) is 4.15. The number of halogens is 4. The molecule has 0 aliphatic rings. The molecule has 0 bridgehead atoms. The van der Waals surface area contributed by atoms with Crippen LogP contribution < -0.4 is 4.74 Å². The Morgan fingerprint density at radius 1 is 0.745 bits per heavy atom. The van der Waals surface area contributed by atoms with Crippen LogP contribution in [-0.2, 0) is 11.2 Å². The Balaban J connectivity index is 1.49. The molecule has 1 aromatic heterocycles. The number of aryl methyl sites for hydroxylation is 1. The fourth-order valence-electron chi connectivity index (χ4n) is 5.16. The molecule has 0 fully saturated rings. The van der Waals surface area contributed by atoms with Crippen molar-refractivity contribution >= 4 is 11.9 Å². The van der Waals surface area contributed by atoms with Crippen LogP contribution in [0.3, 0.4) is 0 Å².